The van der Waals surface area contributed by atoms with E-state index < -0.39 is 0 Å². The van der Waals surface area contributed by atoms with E-state index in [-0.39, 0.29) is 11.9 Å². The molecule has 0 aromatic heterocycles. The molecule has 1 fully saturated rings. The van der Waals surface area contributed by atoms with E-state index in [0.29, 0.717) is 5.92 Å². The topological polar surface area (TPSA) is 29.1 Å². The van der Waals surface area contributed by atoms with Crippen LogP contribution in [0.15, 0.2) is 24.3 Å². The van der Waals surface area contributed by atoms with Gasteiger partial charge in [0.1, 0.15) is 0 Å². The van der Waals surface area contributed by atoms with E-state index in [1.165, 1.54) is 17.5 Å². The second kappa shape index (κ2) is 3.93. The second-order valence-electron chi connectivity index (χ2n) is 4.93. The van der Waals surface area contributed by atoms with Crippen molar-refractivity contribution in [3.05, 3.63) is 35.4 Å². The molecule has 0 heterocycles. The molecule has 1 amide bonds. The largest absolute Gasteiger partial charge is 0.349 e. The zero-order valence-corrected chi connectivity index (χ0v) is 9.41. The van der Waals surface area contributed by atoms with Crippen molar-refractivity contribution in [3.8, 4) is 0 Å². The number of aryl methyl sites for hydroxylation is 1. The van der Waals surface area contributed by atoms with Gasteiger partial charge in [0.05, 0.1) is 6.04 Å². The summed E-state index contributed by atoms with van der Waals surface area (Å²) in [5.74, 6) is 0.579. The van der Waals surface area contributed by atoms with Gasteiger partial charge in [0.25, 0.3) is 0 Å². The van der Waals surface area contributed by atoms with E-state index in [4.69, 9.17) is 0 Å². The van der Waals surface area contributed by atoms with Gasteiger partial charge < -0.3 is 5.32 Å². The van der Waals surface area contributed by atoms with Crippen molar-refractivity contribution >= 4 is 5.91 Å². The molecule has 16 heavy (non-hydrogen) atoms. The first-order chi connectivity index (χ1) is 7.84. The van der Waals surface area contributed by atoms with Crippen LogP contribution < -0.4 is 5.32 Å². The highest BCUT2D eigenvalue weighted by molar-refractivity contribution is 5.81. The molecule has 2 aliphatic rings. The Bertz CT molecular complexity index is 409. The number of nitrogens with one attached hydrogen (secondary N) is 1. The molecule has 0 aliphatic heterocycles. The summed E-state index contributed by atoms with van der Waals surface area (Å²) in [6.45, 7) is 0. The molecule has 1 aromatic carbocycles. The molecule has 1 unspecified atom stereocenters. The normalized spacial score (nSPS) is 23.6. The first-order valence-corrected chi connectivity index (χ1v) is 6.23. The molecule has 0 saturated heterocycles. The Balaban J connectivity index is 1.78. The Morgan fingerprint density at radius 3 is 2.81 bits per heavy atom. The molecule has 0 bridgehead atoms. The van der Waals surface area contributed by atoms with Gasteiger partial charge in [0.2, 0.25) is 5.91 Å². The van der Waals surface area contributed by atoms with Crippen molar-refractivity contribution in [1.82, 2.24) is 5.32 Å². The zero-order chi connectivity index (χ0) is 11.0. The van der Waals surface area contributed by atoms with Crippen LogP contribution in [0, 0.1) is 5.92 Å². The summed E-state index contributed by atoms with van der Waals surface area (Å²) in [6.07, 6.45) is 5.61. The maximum Gasteiger partial charge on any atom is 0.223 e. The van der Waals surface area contributed by atoms with Crippen LogP contribution in [-0.4, -0.2) is 5.91 Å². The molecule has 1 N–H and O–H groups in total. The van der Waals surface area contributed by atoms with Crippen molar-refractivity contribution in [2.24, 2.45) is 5.92 Å². The lowest BCUT2D eigenvalue weighted by Gasteiger charge is -2.26. The van der Waals surface area contributed by atoms with Crippen LogP contribution in [0.2, 0.25) is 0 Å². The van der Waals surface area contributed by atoms with Crippen LogP contribution in [0.5, 0.6) is 0 Å². The highest BCUT2D eigenvalue weighted by Crippen LogP contribution is 2.33. The fraction of sp³-hybridized carbons (Fsp3) is 0.500. The third kappa shape index (κ3) is 1.84. The maximum absolute atomic E-state index is 11.8. The predicted octanol–water partition coefficient (Wildman–Crippen LogP) is 2.59. The number of fused-ring (bicyclic) bond motifs is 1. The summed E-state index contributed by atoms with van der Waals surface area (Å²) in [4.78, 5) is 11.8. The monoisotopic (exact) mass is 215 g/mol. The van der Waals surface area contributed by atoms with Crippen molar-refractivity contribution in [1.29, 1.82) is 0 Å². The number of benzene rings is 1. The van der Waals surface area contributed by atoms with E-state index >= 15 is 0 Å². The Labute approximate surface area is 96.1 Å². The Morgan fingerprint density at radius 2 is 2.00 bits per heavy atom. The highest BCUT2D eigenvalue weighted by atomic mass is 16.2. The first kappa shape index (κ1) is 9.88. The van der Waals surface area contributed by atoms with Gasteiger partial charge in [-0.3, -0.25) is 4.79 Å². The Kier molecular flexibility index (Phi) is 2.43. The predicted molar refractivity (Wildman–Crippen MR) is 63.0 cm³/mol. The van der Waals surface area contributed by atoms with Gasteiger partial charge in [-0.05, 0) is 43.2 Å². The molecule has 1 saturated carbocycles. The van der Waals surface area contributed by atoms with Gasteiger partial charge >= 0.3 is 0 Å². The van der Waals surface area contributed by atoms with Gasteiger partial charge in [-0.2, -0.15) is 0 Å². The third-order valence-corrected chi connectivity index (χ3v) is 3.63. The lowest BCUT2D eigenvalue weighted by Crippen LogP contribution is -2.31. The highest BCUT2D eigenvalue weighted by Gasteiger charge is 2.32. The van der Waals surface area contributed by atoms with Crippen molar-refractivity contribution < 1.29 is 4.79 Å². The van der Waals surface area contributed by atoms with Crippen molar-refractivity contribution in [2.45, 2.75) is 38.1 Å². The average Bonchev–Trinajstić information content (AvgIpc) is 3.13. The van der Waals surface area contributed by atoms with E-state index in [9.17, 15) is 4.79 Å². The van der Waals surface area contributed by atoms with E-state index in [1.54, 1.807) is 0 Å². The number of rotatable bonds is 2. The summed E-state index contributed by atoms with van der Waals surface area (Å²) in [7, 11) is 0. The molecule has 0 spiro atoms. The molecule has 1 aromatic rings. The molecule has 0 radical (unpaired) electrons. The van der Waals surface area contributed by atoms with Crippen LogP contribution in [0.3, 0.4) is 0 Å². The second-order valence-corrected chi connectivity index (χ2v) is 4.93. The van der Waals surface area contributed by atoms with Gasteiger partial charge in [-0.15, -0.1) is 0 Å². The van der Waals surface area contributed by atoms with Gasteiger partial charge in [0, 0.05) is 5.92 Å². The van der Waals surface area contributed by atoms with Crippen molar-refractivity contribution in [2.75, 3.05) is 0 Å². The molecule has 1 atom stereocenters. The van der Waals surface area contributed by atoms with E-state index in [2.05, 4.69) is 29.6 Å². The van der Waals surface area contributed by atoms with Crippen LogP contribution >= 0.6 is 0 Å². The lowest BCUT2D eigenvalue weighted by atomic mass is 9.87. The molecule has 3 rings (SSSR count). The Morgan fingerprint density at radius 1 is 1.19 bits per heavy atom. The molecule has 84 valence electrons. The molecule has 2 heteroatoms. The lowest BCUT2D eigenvalue weighted by molar-refractivity contribution is -0.123. The van der Waals surface area contributed by atoms with Crippen molar-refractivity contribution in [3.63, 3.8) is 0 Å². The zero-order valence-electron chi connectivity index (χ0n) is 9.41. The number of carbonyl (C=O) groups is 1. The number of amides is 1. The standard InChI is InChI=1S/C14H17NO/c16-14(11-8-9-11)15-13-7-3-5-10-4-1-2-6-12(10)13/h1-2,4,6,11,13H,3,5,7-9H2,(H,15,16). The fourth-order valence-electron chi connectivity index (χ4n) is 2.54. The minimum absolute atomic E-state index is 0.262. The van der Waals surface area contributed by atoms with Gasteiger partial charge in [-0.25, -0.2) is 0 Å². The quantitative estimate of drug-likeness (QED) is 0.807. The summed E-state index contributed by atoms with van der Waals surface area (Å²) >= 11 is 0. The van der Waals surface area contributed by atoms with E-state index in [0.717, 1.165) is 25.7 Å². The fourth-order valence-corrected chi connectivity index (χ4v) is 2.54. The third-order valence-electron chi connectivity index (χ3n) is 3.63. The number of hydrogen-bond donors (Lipinski definition) is 1. The van der Waals surface area contributed by atoms with E-state index in [1.807, 2.05) is 0 Å². The van der Waals surface area contributed by atoms with Crippen LogP contribution in [0.4, 0.5) is 0 Å². The van der Waals surface area contributed by atoms with Gasteiger partial charge in [0.15, 0.2) is 0 Å². The van der Waals surface area contributed by atoms with Gasteiger partial charge in [-0.1, -0.05) is 24.3 Å². The maximum atomic E-state index is 11.8. The summed E-state index contributed by atoms with van der Waals surface area (Å²) in [5.41, 5.74) is 2.75. The first-order valence-electron chi connectivity index (χ1n) is 6.23. The molecular formula is C14H17NO. The minimum Gasteiger partial charge on any atom is -0.349 e. The van der Waals surface area contributed by atoms with Crippen LogP contribution in [0.1, 0.15) is 42.9 Å². The summed E-state index contributed by atoms with van der Waals surface area (Å²) < 4.78 is 0. The molecule has 2 nitrogen and oxygen atoms in total. The molecular weight excluding hydrogens is 198 g/mol. The number of carbonyl (C=O) groups excluding carboxylic acids is 1. The van der Waals surface area contributed by atoms with Crippen LogP contribution in [-0.2, 0) is 11.2 Å². The average molecular weight is 215 g/mol. The number of hydrogen-bond acceptors (Lipinski definition) is 1. The minimum atomic E-state index is 0.262. The SMILES string of the molecule is O=C(NC1CCCc2ccccc21)C1CC1. The Hall–Kier alpha value is -1.31. The summed E-state index contributed by atoms with van der Waals surface area (Å²) in [6, 6.07) is 8.76. The smallest absolute Gasteiger partial charge is 0.223 e. The van der Waals surface area contributed by atoms with Crippen LogP contribution in [0.25, 0.3) is 0 Å². The summed E-state index contributed by atoms with van der Waals surface area (Å²) in [5, 5.41) is 3.20. The molecule has 2 aliphatic carbocycles.